The molecule has 0 unspecified atom stereocenters. The van der Waals surface area contributed by atoms with Crippen molar-refractivity contribution in [2.75, 3.05) is 11.1 Å². The van der Waals surface area contributed by atoms with E-state index in [1.54, 1.807) is 12.4 Å². The molecule has 7 nitrogen and oxygen atoms in total. The summed E-state index contributed by atoms with van der Waals surface area (Å²) in [5, 5.41) is 4.60. The van der Waals surface area contributed by atoms with Crippen molar-refractivity contribution in [1.82, 2.24) is 14.5 Å². The maximum atomic E-state index is 13.1. The third-order valence-electron chi connectivity index (χ3n) is 5.52. The van der Waals surface area contributed by atoms with Crippen molar-refractivity contribution in [3.8, 4) is 10.7 Å². The molecular formula is C20H17F3N4O3S3. The molecule has 33 heavy (non-hydrogen) atoms. The minimum absolute atomic E-state index is 0.0200. The van der Waals surface area contributed by atoms with Crippen LogP contribution in [0.3, 0.4) is 0 Å². The number of alkyl halides is 3. The van der Waals surface area contributed by atoms with Gasteiger partial charge in [-0.25, -0.2) is 18.4 Å². The molecule has 1 amide bonds. The molecule has 1 aliphatic rings. The van der Waals surface area contributed by atoms with Crippen LogP contribution in [0.15, 0.2) is 22.5 Å². The molecule has 0 atom stereocenters. The zero-order chi connectivity index (χ0) is 23.7. The minimum atomic E-state index is -4.62. The first-order valence-corrected chi connectivity index (χ1v) is 13.3. The van der Waals surface area contributed by atoms with Gasteiger partial charge in [-0.2, -0.15) is 13.2 Å². The van der Waals surface area contributed by atoms with Crippen molar-refractivity contribution in [2.45, 2.75) is 30.8 Å². The van der Waals surface area contributed by atoms with Gasteiger partial charge in [0.15, 0.2) is 15.7 Å². The Morgan fingerprint density at radius 3 is 2.67 bits per heavy atom. The Labute approximate surface area is 194 Å². The van der Waals surface area contributed by atoms with Gasteiger partial charge in [-0.3, -0.25) is 4.79 Å². The third-order valence-corrected chi connectivity index (χ3v) is 9.91. The summed E-state index contributed by atoms with van der Waals surface area (Å²) < 4.78 is 68.1. The summed E-state index contributed by atoms with van der Waals surface area (Å²) in [6.07, 6.45) is -1.88. The third kappa shape index (κ3) is 3.71. The van der Waals surface area contributed by atoms with Gasteiger partial charge in [-0.15, -0.1) is 22.7 Å². The predicted molar refractivity (Wildman–Crippen MR) is 121 cm³/mol. The summed E-state index contributed by atoms with van der Waals surface area (Å²) in [7, 11) is -2.10. The van der Waals surface area contributed by atoms with E-state index >= 15 is 0 Å². The van der Waals surface area contributed by atoms with Crippen LogP contribution in [0.1, 0.15) is 25.5 Å². The Morgan fingerprint density at radius 2 is 2.03 bits per heavy atom. The number of carbonyl (C=O) groups is 1. The number of sulfone groups is 1. The molecule has 4 aromatic rings. The topological polar surface area (TPSA) is 93.9 Å². The van der Waals surface area contributed by atoms with Crippen molar-refractivity contribution < 1.29 is 26.4 Å². The van der Waals surface area contributed by atoms with E-state index in [9.17, 15) is 26.4 Å². The zero-order valence-corrected chi connectivity index (χ0v) is 19.8. The number of anilines is 1. The van der Waals surface area contributed by atoms with Gasteiger partial charge in [0.25, 0.3) is 0 Å². The fraction of sp³-hybridized carbons (Fsp3) is 0.350. The number of hydrogen-bond donors (Lipinski definition) is 1. The van der Waals surface area contributed by atoms with Crippen LogP contribution in [0.25, 0.3) is 31.1 Å². The second kappa shape index (κ2) is 7.50. The Kier molecular flexibility index (Phi) is 5.07. The Balaban J connectivity index is 1.72. The Morgan fingerprint density at radius 1 is 1.30 bits per heavy atom. The molecule has 1 N–H and O–H groups in total. The maximum Gasteiger partial charge on any atom is 0.433 e. The van der Waals surface area contributed by atoms with Crippen LogP contribution < -0.4 is 5.32 Å². The summed E-state index contributed by atoms with van der Waals surface area (Å²) in [5.74, 6) is -0.0468. The molecule has 174 valence electrons. The number of aryl methyl sites for hydroxylation is 1. The predicted octanol–water partition coefficient (Wildman–Crippen LogP) is 5.07. The van der Waals surface area contributed by atoms with Gasteiger partial charge in [0, 0.05) is 18.3 Å². The van der Waals surface area contributed by atoms with E-state index in [-0.39, 0.29) is 33.8 Å². The molecule has 4 aromatic heterocycles. The highest BCUT2D eigenvalue weighted by Crippen LogP contribution is 2.48. The summed E-state index contributed by atoms with van der Waals surface area (Å²) in [5.41, 5.74) is -0.126. The molecule has 0 spiro atoms. The highest BCUT2D eigenvalue weighted by atomic mass is 32.2. The molecule has 1 aliphatic carbocycles. The number of nitrogens with one attached hydrogen (secondary N) is 1. The molecule has 0 aliphatic heterocycles. The van der Waals surface area contributed by atoms with Crippen molar-refractivity contribution in [3.63, 3.8) is 0 Å². The van der Waals surface area contributed by atoms with Gasteiger partial charge in [0.05, 0.1) is 42.9 Å². The maximum absolute atomic E-state index is 13.1. The normalized spacial score (nSPS) is 14.9. The van der Waals surface area contributed by atoms with Crippen molar-refractivity contribution >= 4 is 64.5 Å². The van der Waals surface area contributed by atoms with E-state index in [0.717, 1.165) is 36.4 Å². The summed E-state index contributed by atoms with van der Waals surface area (Å²) in [6.45, 7) is 1.53. The molecule has 0 bridgehead atoms. The number of nitrogens with zero attached hydrogens (tertiary/aromatic N) is 3. The van der Waals surface area contributed by atoms with E-state index in [1.165, 1.54) is 22.8 Å². The number of imidazole rings is 1. The SMILES string of the molecule is CCS(=O)(=O)c1c(-c2nc3cc(C(F)(F)F)ncc3n2C)sc2c(NC(=O)C3CC3)csc12. The van der Waals surface area contributed by atoms with E-state index in [1.807, 2.05) is 0 Å². The van der Waals surface area contributed by atoms with Gasteiger partial charge >= 0.3 is 6.18 Å². The van der Waals surface area contributed by atoms with Gasteiger partial charge < -0.3 is 9.88 Å². The number of pyridine rings is 1. The summed E-state index contributed by atoms with van der Waals surface area (Å²) in [4.78, 5) is 20.5. The van der Waals surface area contributed by atoms with Crippen LogP contribution in [0.5, 0.6) is 0 Å². The highest BCUT2D eigenvalue weighted by molar-refractivity contribution is 7.92. The fourth-order valence-corrected chi connectivity index (χ4v) is 8.02. The minimum Gasteiger partial charge on any atom is -0.325 e. The van der Waals surface area contributed by atoms with E-state index in [4.69, 9.17) is 0 Å². The number of hydrogen-bond acceptors (Lipinski definition) is 7. The molecule has 1 fully saturated rings. The van der Waals surface area contributed by atoms with Crippen LogP contribution in [-0.2, 0) is 27.9 Å². The largest absolute Gasteiger partial charge is 0.433 e. The number of rotatable bonds is 5. The number of fused-ring (bicyclic) bond motifs is 2. The van der Waals surface area contributed by atoms with Gasteiger partial charge in [0.2, 0.25) is 5.91 Å². The quantitative estimate of drug-likeness (QED) is 0.401. The summed E-state index contributed by atoms with van der Waals surface area (Å²) in [6, 6.07) is 0.851. The fourth-order valence-electron chi connectivity index (χ4n) is 3.54. The van der Waals surface area contributed by atoms with E-state index in [0.29, 0.717) is 25.5 Å². The average Bonchev–Trinajstić information content (AvgIpc) is 3.33. The average molecular weight is 515 g/mol. The zero-order valence-electron chi connectivity index (χ0n) is 17.4. The molecule has 0 radical (unpaired) electrons. The molecule has 5 rings (SSSR count). The highest BCUT2D eigenvalue weighted by Gasteiger charge is 2.35. The van der Waals surface area contributed by atoms with Crippen molar-refractivity contribution in [3.05, 3.63) is 23.3 Å². The lowest BCUT2D eigenvalue weighted by atomic mass is 10.3. The first kappa shape index (κ1) is 22.3. The molecular weight excluding hydrogens is 497 g/mol. The van der Waals surface area contributed by atoms with Crippen LogP contribution in [0.2, 0.25) is 0 Å². The monoisotopic (exact) mass is 514 g/mol. The number of thiophene rings is 2. The lowest BCUT2D eigenvalue weighted by Crippen LogP contribution is -2.12. The second-order valence-electron chi connectivity index (χ2n) is 7.79. The second-order valence-corrected chi connectivity index (χ2v) is 11.9. The molecule has 0 saturated heterocycles. The number of carbonyl (C=O) groups excluding carboxylic acids is 1. The van der Waals surface area contributed by atoms with Crippen LogP contribution in [0, 0.1) is 5.92 Å². The van der Waals surface area contributed by atoms with Gasteiger partial charge in [-0.05, 0) is 18.9 Å². The number of aromatic nitrogens is 3. The molecule has 1 saturated carbocycles. The van der Waals surface area contributed by atoms with Gasteiger partial charge in [-0.1, -0.05) is 6.92 Å². The van der Waals surface area contributed by atoms with E-state index in [2.05, 4.69) is 15.3 Å². The molecule has 0 aromatic carbocycles. The molecule has 4 heterocycles. The standard InChI is InChI=1S/C20H17F3N4O3S3/c1-3-33(29,30)17-15-14(11(8-31-15)26-19(28)9-4-5-9)32-16(17)18-25-10-6-13(20(21,22)23)24-7-12(10)27(18)2/h6-9H,3-5H2,1-2H3,(H,26,28). The lowest BCUT2D eigenvalue weighted by Gasteiger charge is -2.05. The Bertz CT molecular complexity index is 1530. The number of amides is 1. The first-order valence-electron chi connectivity index (χ1n) is 9.99. The molecule has 13 heteroatoms. The first-order chi connectivity index (χ1) is 15.5. The van der Waals surface area contributed by atoms with Crippen LogP contribution in [-0.4, -0.2) is 34.6 Å². The number of halogens is 3. The van der Waals surface area contributed by atoms with Gasteiger partial charge in [0.1, 0.15) is 10.6 Å². The van der Waals surface area contributed by atoms with Crippen molar-refractivity contribution in [1.29, 1.82) is 0 Å². The van der Waals surface area contributed by atoms with Crippen molar-refractivity contribution in [2.24, 2.45) is 13.0 Å². The Hall–Kier alpha value is -2.51. The van der Waals surface area contributed by atoms with E-state index < -0.39 is 21.7 Å². The lowest BCUT2D eigenvalue weighted by molar-refractivity contribution is -0.141. The smallest absolute Gasteiger partial charge is 0.325 e. The van der Waals surface area contributed by atoms with Crippen LogP contribution in [0.4, 0.5) is 18.9 Å². The van der Waals surface area contributed by atoms with Crippen LogP contribution >= 0.6 is 22.7 Å². The summed E-state index contributed by atoms with van der Waals surface area (Å²) >= 11 is 2.37.